The Bertz CT molecular complexity index is 424. The molecule has 1 heterocycles. The third-order valence-corrected chi connectivity index (χ3v) is 5.44. The molecule has 0 spiro atoms. The van der Waals surface area contributed by atoms with E-state index in [2.05, 4.69) is 20.8 Å². The van der Waals surface area contributed by atoms with E-state index >= 15 is 0 Å². The summed E-state index contributed by atoms with van der Waals surface area (Å²) in [6.45, 7) is 7.79. The Morgan fingerprint density at radius 3 is 2.47 bits per heavy atom. The van der Waals surface area contributed by atoms with Crippen LogP contribution in [0.15, 0.2) is 11.6 Å². The van der Waals surface area contributed by atoms with Crippen LogP contribution in [0, 0.1) is 5.41 Å². The van der Waals surface area contributed by atoms with Crippen LogP contribution in [0.25, 0.3) is 0 Å². The molecule has 0 saturated heterocycles. The first-order valence-corrected chi connectivity index (χ1v) is 8.11. The standard InChI is InChI=1S/C13H26N2O3S/c1-13(2,3)12-6-9-15(10-7-12)19(17,18)14(4)8-5-11-16/h6,16H,5,7-11H2,1-4H3. The summed E-state index contributed by atoms with van der Waals surface area (Å²) in [5.74, 6) is 0. The van der Waals surface area contributed by atoms with Crippen LogP contribution in [0.1, 0.15) is 33.6 Å². The van der Waals surface area contributed by atoms with Crippen LogP contribution in [-0.2, 0) is 10.2 Å². The largest absolute Gasteiger partial charge is 0.396 e. The maximum atomic E-state index is 12.3. The van der Waals surface area contributed by atoms with Crippen LogP contribution < -0.4 is 0 Å². The monoisotopic (exact) mass is 290 g/mol. The Balaban J connectivity index is 2.71. The molecule has 1 aliphatic rings. The Hall–Kier alpha value is -0.430. The first kappa shape index (κ1) is 16.6. The summed E-state index contributed by atoms with van der Waals surface area (Å²) in [4.78, 5) is 0. The van der Waals surface area contributed by atoms with E-state index in [-0.39, 0.29) is 12.0 Å². The molecule has 1 rings (SSSR count). The van der Waals surface area contributed by atoms with Gasteiger partial charge < -0.3 is 5.11 Å². The van der Waals surface area contributed by atoms with Gasteiger partial charge in [-0.25, -0.2) is 0 Å². The summed E-state index contributed by atoms with van der Waals surface area (Å²) in [7, 11) is -1.83. The second-order valence-electron chi connectivity index (χ2n) is 5.99. The lowest BCUT2D eigenvalue weighted by molar-refractivity contribution is 0.271. The Labute approximate surface area is 117 Å². The zero-order chi connectivity index (χ0) is 14.7. The molecule has 0 radical (unpaired) electrons. The minimum atomic E-state index is -3.39. The van der Waals surface area contributed by atoms with Crippen molar-refractivity contribution in [2.75, 3.05) is 33.3 Å². The minimum Gasteiger partial charge on any atom is -0.396 e. The fraction of sp³-hybridized carbons (Fsp3) is 0.846. The molecule has 0 aromatic carbocycles. The molecule has 0 atom stereocenters. The normalized spacial score (nSPS) is 18.7. The van der Waals surface area contributed by atoms with Crippen LogP contribution in [-0.4, -0.2) is 55.4 Å². The summed E-state index contributed by atoms with van der Waals surface area (Å²) in [5.41, 5.74) is 1.43. The van der Waals surface area contributed by atoms with Gasteiger partial charge in [-0.3, -0.25) is 0 Å². The van der Waals surface area contributed by atoms with Crippen molar-refractivity contribution >= 4 is 10.2 Å². The van der Waals surface area contributed by atoms with Gasteiger partial charge in [-0.1, -0.05) is 32.4 Å². The number of hydrogen-bond acceptors (Lipinski definition) is 3. The Kier molecular flexibility index (Phi) is 5.55. The zero-order valence-corrected chi connectivity index (χ0v) is 13.2. The van der Waals surface area contributed by atoms with Gasteiger partial charge in [0.2, 0.25) is 0 Å². The van der Waals surface area contributed by atoms with Crippen molar-refractivity contribution in [2.45, 2.75) is 33.6 Å². The summed E-state index contributed by atoms with van der Waals surface area (Å²) in [5, 5.41) is 8.77. The van der Waals surface area contributed by atoms with E-state index in [1.807, 2.05) is 6.08 Å². The van der Waals surface area contributed by atoms with Crippen molar-refractivity contribution in [2.24, 2.45) is 5.41 Å². The first-order chi connectivity index (χ1) is 8.69. The molecule has 0 fully saturated rings. The average molecular weight is 290 g/mol. The van der Waals surface area contributed by atoms with Gasteiger partial charge in [-0.05, 0) is 18.3 Å². The minimum absolute atomic E-state index is 0.00787. The third kappa shape index (κ3) is 4.27. The predicted octanol–water partition coefficient (Wildman–Crippen LogP) is 1.22. The first-order valence-electron chi connectivity index (χ1n) is 6.71. The predicted molar refractivity (Wildman–Crippen MR) is 77.0 cm³/mol. The molecule has 0 unspecified atom stereocenters. The van der Waals surface area contributed by atoms with Crippen molar-refractivity contribution in [3.05, 3.63) is 11.6 Å². The molecule has 1 aliphatic heterocycles. The molecule has 6 heteroatoms. The Morgan fingerprint density at radius 1 is 1.42 bits per heavy atom. The molecule has 0 amide bonds. The lowest BCUT2D eigenvalue weighted by Gasteiger charge is -2.33. The average Bonchev–Trinajstić information content (AvgIpc) is 2.35. The van der Waals surface area contributed by atoms with E-state index in [0.29, 0.717) is 26.1 Å². The SMILES string of the molecule is CN(CCCO)S(=O)(=O)N1CC=C(C(C)(C)C)CC1. The second-order valence-corrected chi connectivity index (χ2v) is 8.03. The maximum absolute atomic E-state index is 12.3. The lowest BCUT2D eigenvalue weighted by Crippen LogP contribution is -2.44. The van der Waals surface area contributed by atoms with Crippen molar-refractivity contribution in [3.63, 3.8) is 0 Å². The van der Waals surface area contributed by atoms with Gasteiger partial charge in [0.1, 0.15) is 0 Å². The molecule has 5 nitrogen and oxygen atoms in total. The number of hydrogen-bond donors (Lipinski definition) is 1. The van der Waals surface area contributed by atoms with Gasteiger partial charge in [-0.15, -0.1) is 0 Å². The number of aliphatic hydroxyl groups is 1. The summed E-state index contributed by atoms with van der Waals surface area (Å²) in [6, 6.07) is 0. The molecule has 19 heavy (non-hydrogen) atoms. The van der Waals surface area contributed by atoms with Crippen LogP contribution in [0.3, 0.4) is 0 Å². The fourth-order valence-electron chi connectivity index (χ4n) is 2.15. The molecule has 0 aliphatic carbocycles. The van der Waals surface area contributed by atoms with Crippen molar-refractivity contribution in [1.82, 2.24) is 8.61 Å². The van der Waals surface area contributed by atoms with Crippen LogP contribution in [0.2, 0.25) is 0 Å². The van der Waals surface area contributed by atoms with E-state index in [9.17, 15) is 8.42 Å². The molecular formula is C13H26N2O3S. The van der Waals surface area contributed by atoms with Gasteiger partial charge in [-0.2, -0.15) is 17.0 Å². The van der Waals surface area contributed by atoms with E-state index in [0.717, 1.165) is 6.42 Å². The zero-order valence-electron chi connectivity index (χ0n) is 12.4. The van der Waals surface area contributed by atoms with E-state index in [4.69, 9.17) is 5.11 Å². The topological polar surface area (TPSA) is 60.9 Å². The lowest BCUT2D eigenvalue weighted by atomic mass is 9.83. The molecular weight excluding hydrogens is 264 g/mol. The van der Waals surface area contributed by atoms with Crippen molar-refractivity contribution < 1.29 is 13.5 Å². The second kappa shape index (κ2) is 6.35. The van der Waals surface area contributed by atoms with Gasteiger partial charge in [0.25, 0.3) is 10.2 Å². The molecule has 0 aromatic rings. The highest BCUT2D eigenvalue weighted by Crippen LogP contribution is 2.30. The number of rotatable bonds is 5. The molecule has 0 aromatic heterocycles. The van der Waals surface area contributed by atoms with Crippen molar-refractivity contribution in [1.29, 1.82) is 0 Å². The highest BCUT2D eigenvalue weighted by molar-refractivity contribution is 7.86. The quantitative estimate of drug-likeness (QED) is 0.775. The van der Waals surface area contributed by atoms with Crippen molar-refractivity contribution in [3.8, 4) is 0 Å². The van der Waals surface area contributed by atoms with Gasteiger partial charge in [0.05, 0.1) is 0 Å². The highest BCUT2D eigenvalue weighted by atomic mass is 32.2. The highest BCUT2D eigenvalue weighted by Gasteiger charge is 2.30. The van der Waals surface area contributed by atoms with Crippen LogP contribution >= 0.6 is 0 Å². The van der Waals surface area contributed by atoms with Gasteiger partial charge in [0, 0.05) is 33.3 Å². The van der Waals surface area contributed by atoms with E-state index < -0.39 is 10.2 Å². The number of nitrogens with zero attached hydrogens (tertiary/aromatic N) is 2. The molecule has 112 valence electrons. The molecule has 1 N–H and O–H groups in total. The van der Waals surface area contributed by atoms with Crippen LogP contribution in [0.4, 0.5) is 0 Å². The van der Waals surface area contributed by atoms with E-state index in [1.165, 1.54) is 14.2 Å². The van der Waals surface area contributed by atoms with E-state index in [1.54, 1.807) is 7.05 Å². The van der Waals surface area contributed by atoms with Crippen LogP contribution in [0.5, 0.6) is 0 Å². The molecule has 0 bridgehead atoms. The smallest absolute Gasteiger partial charge is 0.282 e. The number of aliphatic hydroxyl groups excluding tert-OH is 1. The third-order valence-electron chi connectivity index (χ3n) is 3.49. The maximum Gasteiger partial charge on any atom is 0.282 e. The van der Waals surface area contributed by atoms with Gasteiger partial charge in [0.15, 0.2) is 0 Å². The van der Waals surface area contributed by atoms with Gasteiger partial charge >= 0.3 is 0 Å². The fourth-order valence-corrected chi connectivity index (χ4v) is 3.49. The summed E-state index contributed by atoms with van der Waals surface area (Å²) in [6.07, 6.45) is 3.28. The summed E-state index contributed by atoms with van der Waals surface area (Å²) < 4.78 is 27.4. The summed E-state index contributed by atoms with van der Waals surface area (Å²) >= 11 is 0. The molecule has 0 saturated carbocycles. The Morgan fingerprint density at radius 2 is 2.05 bits per heavy atom.